The molecule has 0 unspecified atom stereocenters. The smallest absolute Gasteiger partial charge is 0.226 e. The van der Waals surface area contributed by atoms with Crippen molar-refractivity contribution in [3.8, 4) is 0 Å². The van der Waals surface area contributed by atoms with E-state index in [1.54, 1.807) is 23.9 Å². The molecule has 1 aromatic heterocycles. The number of amides is 1. The quantitative estimate of drug-likeness (QED) is 0.424. The second-order valence-electron chi connectivity index (χ2n) is 6.84. The molecule has 0 radical (unpaired) electrons. The highest BCUT2D eigenvalue weighted by atomic mass is 32.2. The second-order valence-corrected chi connectivity index (χ2v) is 9.04. The number of aryl methyl sites for hydroxylation is 2. The van der Waals surface area contributed by atoms with Crippen molar-refractivity contribution in [2.75, 3.05) is 11.1 Å². The van der Waals surface area contributed by atoms with Gasteiger partial charge < -0.3 is 5.32 Å². The summed E-state index contributed by atoms with van der Waals surface area (Å²) in [7, 11) is 0. The Hall–Kier alpha value is -2.44. The molecule has 0 bridgehead atoms. The van der Waals surface area contributed by atoms with Crippen LogP contribution >= 0.6 is 23.1 Å². The number of hydrogen-bond acceptors (Lipinski definition) is 4. The molecule has 28 heavy (non-hydrogen) atoms. The fourth-order valence-electron chi connectivity index (χ4n) is 3.73. The van der Waals surface area contributed by atoms with Crippen LogP contribution in [0.25, 0.3) is 21.0 Å². The number of nitrogens with zero attached hydrogens (tertiary/aromatic N) is 1. The number of nitrogens with one attached hydrogen (secondary N) is 1. The molecule has 0 saturated heterocycles. The van der Waals surface area contributed by atoms with Crippen molar-refractivity contribution in [1.29, 1.82) is 0 Å². The number of carbonyl (C=O) groups excluding carboxylic acids is 1. The van der Waals surface area contributed by atoms with Crippen molar-refractivity contribution in [2.24, 2.45) is 0 Å². The zero-order valence-electron chi connectivity index (χ0n) is 15.0. The highest BCUT2D eigenvalue weighted by molar-refractivity contribution is 7.99. The zero-order chi connectivity index (χ0) is 19.1. The number of carbonyl (C=O) groups is 1. The minimum absolute atomic E-state index is 0.0500. The first-order valence-corrected chi connectivity index (χ1v) is 11.0. The number of anilines is 1. The van der Waals surface area contributed by atoms with Crippen molar-refractivity contribution in [3.63, 3.8) is 0 Å². The van der Waals surface area contributed by atoms with E-state index >= 15 is 0 Å². The van der Waals surface area contributed by atoms with Crippen molar-refractivity contribution >= 4 is 55.1 Å². The Morgan fingerprint density at radius 1 is 1.14 bits per heavy atom. The summed E-state index contributed by atoms with van der Waals surface area (Å²) in [5.41, 5.74) is 3.75. The Kier molecular flexibility index (Phi) is 4.53. The van der Waals surface area contributed by atoms with Gasteiger partial charge in [-0.15, -0.1) is 11.8 Å². The number of rotatable bonds is 5. The number of hydrogen-bond donors (Lipinski definition) is 1. The lowest BCUT2D eigenvalue weighted by atomic mass is 10.0. The number of halogens is 1. The number of thioether (sulfide) groups is 1. The van der Waals surface area contributed by atoms with E-state index < -0.39 is 0 Å². The number of aromatic nitrogens is 1. The molecule has 6 heteroatoms. The average molecular weight is 409 g/mol. The molecule has 0 fully saturated rings. The van der Waals surface area contributed by atoms with Gasteiger partial charge in [0.25, 0.3) is 0 Å². The molecule has 1 aliphatic carbocycles. The van der Waals surface area contributed by atoms with Crippen molar-refractivity contribution in [3.05, 3.63) is 65.5 Å². The summed E-state index contributed by atoms with van der Waals surface area (Å²) in [6, 6.07) is 15.0. The van der Waals surface area contributed by atoms with E-state index in [1.165, 1.54) is 45.4 Å². The van der Waals surface area contributed by atoms with Crippen molar-refractivity contribution in [1.82, 2.24) is 4.98 Å². The maximum atomic E-state index is 12.9. The van der Waals surface area contributed by atoms with Gasteiger partial charge in [-0.3, -0.25) is 4.79 Å². The lowest BCUT2D eigenvalue weighted by molar-refractivity contribution is -0.115. The molecule has 4 aromatic rings. The normalized spacial score (nSPS) is 12.8. The summed E-state index contributed by atoms with van der Waals surface area (Å²) in [5.74, 6) is 0.338. The highest BCUT2D eigenvalue weighted by Crippen LogP contribution is 2.39. The molecular weight excluding hydrogens is 391 g/mol. The molecule has 0 spiro atoms. The molecule has 1 heterocycles. The first kappa shape index (κ1) is 17.6. The van der Waals surface area contributed by atoms with E-state index in [-0.39, 0.29) is 11.7 Å². The predicted molar refractivity (Wildman–Crippen MR) is 115 cm³/mol. The van der Waals surface area contributed by atoms with E-state index in [1.807, 2.05) is 0 Å². The first-order chi connectivity index (χ1) is 13.7. The van der Waals surface area contributed by atoms with Crippen LogP contribution in [0.5, 0.6) is 0 Å². The molecular formula is C22H17FN2OS2. The molecule has 140 valence electrons. The van der Waals surface area contributed by atoms with Gasteiger partial charge in [-0.05, 0) is 59.7 Å². The van der Waals surface area contributed by atoms with Crippen LogP contribution in [-0.4, -0.2) is 16.6 Å². The third-order valence-corrected chi connectivity index (χ3v) is 6.94. The van der Waals surface area contributed by atoms with Gasteiger partial charge in [-0.1, -0.05) is 29.5 Å². The van der Waals surface area contributed by atoms with E-state index in [0.29, 0.717) is 17.3 Å². The SMILES string of the molecule is O=C(CCSc1ccc(F)cc1)Nc1nc2c(cc3c4c(cccc42)CC3)s1. The summed E-state index contributed by atoms with van der Waals surface area (Å²) in [4.78, 5) is 18.0. The Balaban J connectivity index is 1.30. The van der Waals surface area contributed by atoms with Crippen molar-refractivity contribution in [2.45, 2.75) is 24.2 Å². The van der Waals surface area contributed by atoms with Gasteiger partial charge in [0, 0.05) is 22.5 Å². The average Bonchev–Trinajstić information content (AvgIpc) is 3.29. The maximum Gasteiger partial charge on any atom is 0.226 e. The van der Waals surface area contributed by atoms with E-state index in [2.05, 4.69) is 29.6 Å². The zero-order valence-corrected chi connectivity index (χ0v) is 16.6. The molecule has 5 rings (SSSR count). The summed E-state index contributed by atoms with van der Waals surface area (Å²) >= 11 is 3.07. The minimum atomic E-state index is -0.250. The summed E-state index contributed by atoms with van der Waals surface area (Å²) in [6.07, 6.45) is 2.55. The van der Waals surface area contributed by atoms with E-state index in [4.69, 9.17) is 4.98 Å². The predicted octanol–water partition coefficient (Wildman–Crippen LogP) is 5.81. The number of thiazole rings is 1. The minimum Gasteiger partial charge on any atom is -0.302 e. The van der Waals surface area contributed by atoms with Crippen LogP contribution in [0.1, 0.15) is 17.5 Å². The lowest BCUT2D eigenvalue weighted by Gasteiger charge is -2.02. The van der Waals surface area contributed by atoms with Crippen LogP contribution in [-0.2, 0) is 17.6 Å². The molecule has 1 N–H and O–H groups in total. The molecule has 1 amide bonds. The van der Waals surface area contributed by atoms with Crippen LogP contribution in [0.15, 0.2) is 53.4 Å². The molecule has 0 saturated carbocycles. The summed E-state index contributed by atoms with van der Waals surface area (Å²) in [6.45, 7) is 0. The monoisotopic (exact) mass is 408 g/mol. The Morgan fingerprint density at radius 3 is 2.82 bits per heavy atom. The van der Waals surface area contributed by atoms with Crippen LogP contribution in [0.4, 0.5) is 9.52 Å². The largest absolute Gasteiger partial charge is 0.302 e. The second kappa shape index (κ2) is 7.18. The Labute approximate surface area is 170 Å². The molecule has 3 nitrogen and oxygen atoms in total. The van der Waals surface area contributed by atoms with Gasteiger partial charge in [-0.25, -0.2) is 9.37 Å². The Morgan fingerprint density at radius 2 is 1.96 bits per heavy atom. The molecule has 0 atom stereocenters. The van der Waals surface area contributed by atoms with Gasteiger partial charge in [0.15, 0.2) is 5.13 Å². The lowest BCUT2D eigenvalue weighted by Crippen LogP contribution is -2.11. The third-order valence-electron chi connectivity index (χ3n) is 5.01. The first-order valence-electron chi connectivity index (χ1n) is 9.19. The van der Waals surface area contributed by atoms with Crippen LogP contribution in [0.2, 0.25) is 0 Å². The summed E-state index contributed by atoms with van der Waals surface area (Å²) < 4.78 is 14.1. The van der Waals surface area contributed by atoms with E-state index in [0.717, 1.165) is 28.0 Å². The van der Waals surface area contributed by atoms with Gasteiger partial charge >= 0.3 is 0 Å². The molecule has 1 aliphatic rings. The van der Waals surface area contributed by atoms with Gasteiger partial charge in [0.2, 0.25) is 5.91 Å². The standard InChI is InChI=1S/C22H17FN2OS2/c23-15-6-8-16(9-7-15)27-11-10-19(26)24-22-25-21-17-3-1-2-13-4-5-14(20(13)17)12-18(21)28-22/h1-3,6-9,12H,4-5,10-11H2,(H,24,25,26). The maximum absolute atomic E-state index is 12.9. The fourth-order valence-corrected chi connectivity index (χ4v) is 5.55. The van der Waals surface area contributed by atoms with E-state index in [9.17, 15) is 9.18 Å². The number of fused-ring (bicyclic) bond motifs is 2. The third kappa shape index (κ3) is 3.27. The molecule has 3 aromatic carbocycles. The van der Waals surface area contributed by atoms with Gasteiger partial charge in [0.05, 0.1) is 10.2 Å². The molecule has 0 aliphatic heterocycles. The van der Waals surface area contributed by atoms with Crippen LogP contribution < -0.4 is 5.32 Å². The number of benzene rings is 3. The van der Waals surface area contributed by atoms with Crippen molar-refractivity contribution < 1.29 is 9.18 Å². The van der Waals surface area contributed by atoms with Crippen LogP contribution in [0.3, 0.4) is 0 Å². The van der Waals surface area contributed by atoms with Gasteiger partial charge in [-0.2, -0.15) is 0 Å². The fraction of sp³-hybridized carbons (Fsp3) is 0.182. The topological polar surface area (TPSA) is 42.0 Å². The highest BCUT2D eigenvalue weighted by Gasteiger charge is 2.18. The Bertz CT molecular complexity index is 1200. The summed E-state index contributed by atoms with van der Waals surface area (Å²) in [5, 5.41) is 6.12. The van der Waals surface area contributed by atoms with Crippen LogP contribution in [0, 0.1) is 5.82 Å². The van der Waals surface area contributed by atoms with Gasteiger partial charge in [0.1, 0.15) is 5.82 Å².